The van der Waals surface area contributed by atoms with Gasteiger partial charge in [0, 0.05) is 36.7 Å². The minimum absolute atomic E-state index is 0.181. The molecule has 0 bridgehead atoms. The second-order valence-corrected chi connectivity index (χ2v) is 5.32. The highest BCUT2D eigenvalue weighted by Gasteiger charge is 2.45. The summed E-state index contributed by atoms with van der Waals surface area (Å²) in [6.07, 6.45) is -1.21. The number of aromatic nitrogens is 1. The average Bonchev–Trinajstić information content (AvgIpc) is 2.28. The van der Waals surface area contributed by atoms with Crippen molar-refractivity contribution in [2.75, 3.05) is 12.3 Å². The zero-order chi connectivity index (χ0) is 14.2. The van der Waals surface area contributed by atoms with Gasteiger partial charge in [-0.1, -0.05) is 11.6 Å². The lowest BCUT2D eigenvalue weighted by Crippen LogP contribution is -2.49. The van der Waals surface area contributed by atoms with E-state index in [1.165, 1.54) is 0 Å². The third kappa shape index (κ3) is 3.32. The summed E-state index contributed by atoms with van der Waals surface area (Å²) in [5.74, 6) is -2.35. The van der Waals surface area contributed by atoms with Gasteiger partial charge < -0.3 is 16.2 Å². The van der Waals surface area contributed by atoms with Crippen molar-refractivity contribution in [3.8, 4) is 0 Å². The monoisotopic (exact) mass is 291 g/mol. The van der Waals surface area contributed by atoms with Crippen LogP contribution in [0.1, 0.15) is 30.2 Å². The number of nitrogens with one attached hydrogen (secondary N) is 1. The summed E-state index contributed by atoms with van der Waals surface area (Å²) in [4.78, 5) is 4.02. The quantitative estimate of drug-likeness (QED) is 0.794. The second kappa shape index (κ2) is 5.19. The summed E-state index contributed by atoms with van der Waals surface area (Å²) in [5, 5.41) is 13.2. The molecule has 1 aliphatic rings. The van der Waals surface area contributed by atoms with Crippen LogP contribution >= 0.6 is 11.6 Å². The van der Waals surface area contributed by atoms with Crippen molar-refractivity contribution in [3.63, 3.8) is 0 Å². The first-order valence-electron chi connectivity index (χ1n) is 6.00. The Morgan fingerprint density at radius 1 is 1.63 bits per heavy atom. The van der Waals surface area contributed by atoms with Crippen molar-refractivity contribution in [2.45, 2.75) is 37.8 Å². The Morgan fingerprint density at radius 2 is 2.26 bits per heavy atom. The average molecular weight is 292 g/mol. The molecule has 0 radical (unpaired) electrons. The van der Waals surface area contributed by atoms with E-state index in [4.69, 9.17) is 17.3 Å². The lowest BCUT2D eigenvalue weighted by Gasteiger charge is -2.36. The van der Waals surface area contributed by atoms with Gasteiger partial charge >= 0.3 is 0 Å². The number of nitrogen functional groups attached to an aromatic ring is 1. The molecule has 1 fully saturated rings. The predicted molar refractivity (Wildman–Crippen MR) is 69.3 cm³/mol. The van der Waals surface area contributed by atoms with E-state index >= 15 is 0 Å². The fourth-order valence-electron chi connectivity index (χ4n) is 2.14. The Labute approximate surface area is 115 Å². The molecular formula is C12H16ClF2N3O. The Hall–Kier alpha value is -0.980. The Balaban J connectivity index is 1.93. The number of rotatable bonds is 4. The van der Waals surface area contributed by atoms with Crippen molar-refractivity contribution in [2.24, 2.45) is 0 Å². The van der Waals surface area contributed by atoms with Crippen molar-refractivity contribution in [3.05, 3.63) is 22.3 Å². The van der Waals surface area contributed by atoms with Gasteiger partial charge in [-0.15, -0.1) is 0 Å². The van der Waals surface area contributed by atoms with E-state index in [-0.39, 0.29) is 36.3 Å². The van der Waals surface area contributed by atoms with Crippen LogP contribution in [0, 0.1) is 6.92 Å². The first-order valence-corrected chi connectivity index (χ1v) is 6.38. The van der Waals surface area contributed by atoms with E-state index < -0.39 is 12.0 Å². The van der Waals surface area contributed by atoms with Crippen LogP contribution in [0.3, 0.4) is 0 Å². The van der Waals surface area contributed by atoms with Crippen molar-refractivity contribution < 1.29 is 13.9 Å². The van der Waals surface area contributed by atoms with Gasteiger partial charge in [-0.25, -0.2) is 13.8 Å². The van der Waals surface area contributed by atoms with Gasteiger partial charge in [0.1, 0.15) is 5.82 Å². The number of anilines is 1. The number of aryl methyl sites for hydroxylation is 1. The molecular weight excluding hydrogens is 276 g/mol. The number of pyridine rings is 1. The van der Waals surface area contributed by atoms with Crippen LogP contribution in [0.2, 0.25) is 5.02 Å². The van der Waals surface area contributed by atoms with Gasteiger partial charge in [-0.3, -0.25) is 0 Å². The van der Waals surface area contributed by atoms with Crippen LogP contribution in [-0.4, -0.2) is 28.6 Å². The van der Waals surface area contributed by atoms with Crippen LogP contribution in [-0.2, 0) is 0 Å². The SMILES string of the molecule is Cc1nc(N)c(Cl)cc1[C@@H](O)CNC1CC(F)(F)C1. The van der Waals surface area contributed by atoms with Crippen LogP contribution in [0.25, 0.3) is 0 Å². The van der Waals surface area contributed by atoms with Crippen molar-refractivity contribution in [1.29, 1.82) is 0 Å². The third-order valence-corrected chi connectivity index (χ3v) is 3.58. The van der Waals surface area contributed by atoms with Crippen LogP contribution in [0.5, 0.6) is 0 Å². The highest BCUT2D eigenvalue weighted by molar-refractivity contribution is 6.32. The molecule has 1 aromatic rings. The maximum atomic E-state index is 12.7. The molecule has 2 rings (SSSR count). The lowest BCUT2D eigenvalue weighted by atomic mass is 9.88. The normalized spacial score (nSPS) is 20.1. The molecule has 0 saturated heterocycles. The maximum Gasteiger partial charge on any atom is 0.251 e. The fraction of sp³-hybridized carbons (Fsp3) is 0.583. The number of hydrogen-bond acceptors (Lipinski definition) is 4. The third-order valence-electron chi connectivity index (χ3n) is 3.28. The van der Waals surface area contributed by atoms with Crippen LogP contribution < -0.4 is 11.1 Å². The van der Waals surface area contributed by atoms with E-state index in [2.05, 4.69) is 10.3 Å². The van der Waals surface area contributed by atoms with Gasteiger partial charge in [-0.2, -0.15) is 0 Å². The molecule has 0 unspecified atom stereocenters. The van der Waals surface area contributed by atoms with Crippen molar-refractivity contribution >= 4 is 17.4 Å². The fourth-order valence-corrected chi connectivity index (χ4v) is 2.30. The van der Waals surface area contributed by atoms with Gasteiger partial charge in [0.2, 0.25) is 0 Å². The molecule has 4 nitrogen and oxygen atoms in total. The molecule has 7 heteroatoms. The maximum absolute atomic E-state index is 12.7. The molecule has 0 aliphatic heterocycles. The smallest absolute Gasteiger partial charge is 0.251 e. The minimum atomic E-state index is -2.56. The Bertz CT molecular complexity index is 476. The Kier molecular flexibility index (Phi) is 3.94. The van der Waals surface area contributed by atoms with Crippen LogP contribution in [0.15, 0.2) is 6.07 Å². The highest BCUT2D eigenvalue weighted by Crippen LogP contribution is 2.37. The number of aliphatic hydroxyl groups excluding tert-OH is 1. The zero-order valence-corrected chi connectivity index (χ0v) is 11.2. The minimum Gasteiger partial charge on any atom is -0.387 e. The highest BCUT2D eigenvalue weighted by atomic mass is 35.5. The summed E-state index contributed by atoms with van der Waals surface area (Å²) in [6, 6.07) is 1.31. The number of hydrogen-bond donors (Lipinski definition) is 3. The first-order chi connectivity index (χ1) is 8.78. The summed E-state index contributed by atoms with van der Waals surface area (Å²) >= 11 is 5.85. The molecule has 106 valence electrons. The summed E-state index contributed by atoms with van der Waals surface area (Å²) in [7, 11) is 0. The standard InChI is InChI=1S/C12H16ClF2N3O/c1-6-8(2-9(13)11(16)18-6)10(19)5-17-7-3-12(14,15)4-7/h2,7,10,17,19H,3-5H2,1H3,(H2,16,18)/t10-/m0/s1. The number of nitrogens with two attached hydrogens (primary N) is 1. The molecule has 1 saturated carbocycles. The van der Waals surface area contributed by atoms with E-state index in [9.17, 15) is 13.9 Å². The largest absolute Gasteiger partial charge is 0.387 e. The molecule has 0 amide bonds. The van der Waals surface area contributed by atoms with Gasteiger partial charge in [-0.05, 0) is 13.0 Å². The number of nitrogens with zero attached hydrogens (tertiary/aromatic N) is 1. The predicted octanol–water partition coefficient (Wildman–Crippen LogP) is 2.05. The summed E-state index contributed by atoms with van der Waals surface area (Å²) in [6.45, 7) is 1.90. The molecule has 1 aromatic heterocycles. The van der Waals surface area contributed by atoms with Gasteiger partial charge in [0.15, 0.2) is 0 Å². The van der Waals surface area contributed by atoms with E-state index in [1.807, 2.05) is 0 Å². The molecule has 4 N–H and O–H groups in total. The molecule has 0 spiro atoms. The Morgan fingerprint density at radius 3 is 2.84 bits per heavy atom. The second-order valence-electron chi connectivity index (χ2n) is 4.92. The van der Waals surface area contributed by atoms with E-state index in [1.54, 1.807) is 13.0 Å². The molecule has 1 atom stereocenters. The molecule has 1 aliphatic carbocycles. The first kappa shape index (κ1) is 14.4. The number of halogens is 3. The molecule has 19 heavy (non-hydrogen) atoms. The number of aliphatic hydroxyl groups is 1. The van der Waals surface area contributed by atoms with Gasteiger partial charge in [0.25, 0.3) is 5.92 Å². The molecule has 1 heterocycles. The lowest BCUT2D eigenvalue weighted by molar-refractivity contribution is -0.0941. The van der Waals surface area contributed by atoms with Gasteiger partial charge in [0.05, 0.1) is 11.1 Å². The van der Waals surface area contributed by atoms with E-state index in [0.717, 1.165) is 0 Å². The topological polar surface area (TPSA) is 71.2 Å². The number of alkyl halides is 2. The van der Waals surface area contributed by atoms with Crippen LogP contribution in [0.4, 0.5) is 14.6 Å². The summed E-state index contributed by atoms with van der Waals surface area (Å²) < 4.78 is 25.3. The van der Waals surface area contributed by atoms with E-state index in [0.29, 0.717) is 11.3 Å². The molecule has 0 aromatic carbocycles. The summed E-state index contributed by atoms with van der Waals surface area (Å²) in [5.41, 5.74) is 6.68. The zero-order valence-electron chi connectivity index (χ0n) is 10.5. The van der Waals surface area contributed by atoms with Crippen molar-refractivity contribution in [1.82, 2.24) is 10.3 Å².